The molecule has 0 atom stereocenters. The normalized spacial score (nSPS) is 5.71. The van der Waals surface area contributed by atoms with Crippen molar-refractivity contribution in [2.75, 3.05) is 5.34 Å². The van der Waals surface area contributed by atoms with E-state index in [-0.39, 0.29) is 38.3 Å². The van der Waals surface area contributed by atoms with E-state index < -0.39 is 0 Å². The van der Waals surface area contributed by atoms with Gasteiger partial charge in [0.15, 0.2) is 0 Å². The molecule has 0 aromatic rings. The molecule has 0 radical (unpaired) electrons. The first kappa shape index (κ1) is 16.2. The fourth-order valence-electron chi connectivity index (χ4n) is 0. The second kappa shape index (κ2) is 23.9. The monoisotopic (exact) mass is 316 g/mol. The smallest absolute Gasteiger partial charge is 0 e. The van der Waals surface area contributed by atoms with Crippen molar-refractivity contribution < 1.29 is 33.0 Å². The molecular formula is CH2Cl4FePd. The Morgan fingerprint density at radius 2 is 1.14 bits per heavy atom. The average molecular weight is 318 g/mol. The van der Waals surface area contributed by atoms with Gasteiger partial charge in [0.1, 0.15) is 0 Å². The molecule has 0 bridgehead atoms. The summed E-state index contributed by atoms with van der Waals surface area (Å²) in [6, 6.07) is 0. The second-order valence-corrected chi connectivity index (χ2v) is 3.31. The van der Waals surface area contributed by atoms with Crippen molar-refractivity contribution in [2.24, 2.45) is 0 Å². The Morgan fingerprint density at radius 3 is 1.14 bits per heavy atom. The fraction of sp³-hybridized carbons (Fsp3) is 1.00. The van der Waals surface area contributed by atoms with Gasteiger partial charge in [0.05, 0.1) is 5.34 Å². The molecule has 0 saturated carbocycles. The van der Waals surface area contributed by atoms with E-state index in [1.54, 1.807) is 0 Å². The van der Waals surface area contributed by atoms with Crippen LogP contribution in [0.25, 0.3) is 0 Å². The average Bonchev–Trinajstić information content (AvgIpc) is 1.39. The molecule has 6 heteroatoms. The van der Waals surface area contributed by atoms with E-state index in [4.69, 9.17) is 42.3 Å². The van der Waals surface area contributed by atoms with E-state index in [1.807, 2.05) is 0 Å². The van der Waals surface area contributed by atoms with Crippen LogP contribution in [0.1, 0.15) is 0 Å². The topological polar surface area (TPSA) is 0 Å². The third-order valence-electron chi connectivity index (χ3n) is 0. The maximum Gasteiger partial charge on any atom is 0 e. The van der Waals surface area contributed by atoms with Gasteiger partial charge in [0.25, 0.3) is 0 Å². The first-order valence-corrected chi connectivity index (χ1v) is 5.85. The van der Waals surface area contributed by atoms with Crippen molar-refractivity contribution in [3.8, 4) is 0 Å². The molecule has 0 spiro atoms. The van der Waals surface area contributed by atoms with E-state index in [2.05, 4.69) is 0 Å². The third kappa shape index (κ3) is 61.2. The van der Waals surface area contributed by atoms with E-state index in [9.17, 15) is 0 Å². The molecule has 0 aliphatic rings. The van der Waals surface area contributed by atoms with Crippen molar-refractivity contribution in [1.82, 2.24) is 0 Å². The number of halogens is 4. The van der Waals surface area contributed by atoms with Gasteiger partial charge in [-0.3, -0.25) is 0 Å². The Hall–Kier alpha value is 2.34. The van der Waals surface area contributed by atoms with Gasteiger partial charge in [-0.2, -0.15) is 0 Å². The molecule has 0 heterocycles. The van der Waals surface area contributed by atoms with Crippen LogP contribution < -0.4 is 0 Å². The largest absolute Gasteiger partial charge is 0 e. The zero-order valence-electron chi connectivity index (χ0n) is 2.89. The van der Waals surface area contributed by atoms with E-state index in [0.29, 0.717) is 0 Å². The van der Waals surface area contributed by atoms with Crippen LogP contribution in [0.4, 0.5) is 0 Å². The fourth-order valence-corrected chi connectivity index (χ4v) is 0. The van der Waals surface area contributed by atoms with Gasteiger partial charge in [-0.15, -0.1) is 23.2 Å². The van der Waals surface area contributed by atoms with Gasteiger partial charge < -0.3 is 0 Å². The van der Waals surface area contributed by atoms with Gasteiger partial charge in [0.2, 0.25) is 0 Å². The van der Waals surface area contributed by atoms with E-state index in [0.717, 1.165) is 0 Å². The van der Waals surface area contributed by atoms with Crippen LogP contribution in [0.3, 0.4) is 0 Å². The van der Waals surface area contributed by atoms with Crippen LogP contribution in [0.5, 0.6) is 0 Å². The summed E-state index contributed by atoms with van der Waals surface area (Å²) in [5.41, 5.74) is 0. The SMILES string of the molecule is ClCCl.[Cl][Pd][Cl].[Fe]. The number of alkyl halides is 2. The maximum absolute atomic E-state index is 4.81. The van der Waals surface area contributed by atoms with Gasteiger partial charge in [-0.05, 0) is 0 Å². The molecule has 0 N–H and O–H groups in total. The van der Waals surface area contributed by atoms with Crippen LogP contribution in [0, 0.1) is 0 Å². The van der Waals surface area contributed by atoms with Crippen molar-refractivity contribution in [1.29, 1.82) is 0 Å². The minimum atomic E-state index is -0.106. The Kier molecular flexibility index (Phi) is 55.1. The zero-order valence-corrected chi connectivity index (χ0v) is 8.57. The summed E-state index contributed by atoms with van der Waals surface area (Å²) in [6.45, 7) is 0. The summed E-state index contributed by atoms with van der Waals surface area (Å²) in [5.74, 6) is 0. The predicted octanol–water partition coefficient (Wildman–Crippen LogP) is 2.80. The van der Waals surface area contributed by atoms with Gasteiger partial charge >= 0.3 is 35.0 Å². The minimum Gasteiger partial charge on any atom is 0 e. The number of hydrogen-bond acceptors (Lipinski definition) is 0. The number of hydrogen-bond donors (Lipinski definition) is 0. The molecule has 0 rings (SSSR count). The molecule has 0 amide bonds. The Balaban J connectivity index is -0.0000000400. The molecule has 52 valence electrons. The van der Waals surface area contributed by atoms with Crippen LogP contribution in [0.15, 0.2) is 0 Å². The molecule has 0 aromatic heterocycles. The van der Waals surface area contributed by atoms with Crippen molar-refractivity contribution in [2.45, 2.75) is 0 Å². The molecule has 7 heavy (non-hydrogen) atoms. The van der Waals surface area contributed by atoms with Crippen molar-refractivity contribution >= 4 is 42.3 Å². The van der Waals surface area contributed by atoms with Crippen LogP contribution >= 0.6 is 42.3 Å². The molecule has 0 nitrogen and oxygen atoms in total. The van der Waals surface area contributed by atoms with Crippen LogP contribution in [-0.4, -0.2) is 5.34 Å². The molecular weight excluding hydrogens is 316 g/mol. The Labute approximate surface area is 79.8 Å². The zero-order chi connectivity index (χ0) is 5.41. The Morgan fingerprint density at radius 1 is 1.14 bits per heavy atom. The van der Waals surface area contributed by atoms with E-state index >= 15 is 0 Å². The predicted molar refractivity (Wildman–Crippen MR) is 28.3 cm³/mol. The van der Waals surface area contributed by atoms with Crippen LogP contribution in [-0.2, 0) is 33.0 Å². The van der Waals surface area contributed by atoms with Crippen molar-refractivity contribution in [3.05, 3.63) is 0 Å². The molecule has 0 aliphatic carbocycles. The van der Waals surface area contributed by atoms with Crippen LogP contribution in [0.2, 0.25) is 0 Å². The summed E-state index contributed by atoms with van der Waals surface area (Å²) in [7, 11) is 9.63. The van der Waals surface area contributed by atoms with Gasteiger partial charge in [-0.25, -0.2) is 0 Å². The summed E-state index contributed by atoms with van der Waals surface area (Å²) in [5, 5.41) is 0.194. The second-order valence-electron chi connectivity index (χ2n) is 0.146. The summed E-state index contributed by atoms with van der Waals surface area (Å²) in [6.07, 6.45) is 0. The summed E-state index contributed by atoms with van der Waals surface area (Å²) < 4.78 is 0. The first-order valence-electron chi connectivity index (χ1n) is 0.774. The molecule has 0 fully saturated rings. The Bertz CT molecular complexity index is 13.7. The van der Waals surface area contributed by atoms with E-state index in [1.165, 1.54) is 0 Å². The quantitative estimate of drug-likeness (QED) is 0.476. The first-order chi connectivity index (χ1) is 2.83. The molecule has 0 saturated heterocycles. The minimum absolute atomic E-state index is 0. The molecule has 0 aliphatic heterocycles. The van der Waals surface area contributed by atoms with Crippen molar-refractivity contribution in [3.63, 3.8) is 0 Å². The standard InChI is InChI=1S/CH2Cl2.2ClH.Fe.Pd/c2-1-3;;;;/h1H2;2*1H;;/q;;;;+2/p-2. The molecule has 0 aromatic carbocycles. The van der Waals surface area contributed by atoms with Gasteiger partial charge in [-0.1, -0.05) is 0 Å². The summed E-state index contributed by atoms with van der Waals surface area (Å²) >= 11 is 9.42. The third-order valence-corrected chi connectivity index (χ3v) is 0. The molecule has 0 unspecified atom stereocenters. The summed E-state index contributed by atoms with van der Waals surface area (Å²) in [4.78, 5) is 0. The van der Waals surface area contributed by atoms with Gasteiger partial charge in [0, 0.05) is 17.1 Å². The number of rotatable bonds is 0. The maximum atomic E-state index is 4.81.